The van der Waals surface area contributed by atoms with Gasteiger partial charge in [-0.05, 0) is 31.2 Å². The minimum absolute atomic E-state index is 0.00425. The average molecular weight is 331 g/mol. The molecule has 0 saturated heterocycles. The lowest BCUT2D eigenvalue weighted by Crippen LogP contribution is -2.19. The van der Waals surface area contributed by atoms with Gasteiger partial charge in [0.1, 0.15) is 5.75 Å². The molecule has 0 unspecified atom stereocenters. The number of anilines is 1. The number of esters is 1. The van der Waals surface area contributed by atoms with Crippen LogP contribution < -0.4 is 10.1 Å². The Morgan fingerprint density at radius 1 is 1.12 bits per heavy atom. The molecule has 0 bridgehead atoms. The van der Waals surface area contributed by atoms with Crippen LogP contribution in [0, 0.1) is 4.91 Å². The van der Waals surface area contributed by atoms with E-state index in [-0.39, 0.29) is 34.2 Å². The Morgan fingerprint density at radius 2 is 1.79 bits per heavy atom. The van der Waals surface area contributed by atoms with Crippen molar-refractivity contribution in [2.45, 2.75) is 6.92 Å². The number of carbonyl (C=O) groups excluding carboxylic acids is 2. The zero-order valence-corrected chi connectivity index (χ0v) is 12.8. The maximum absolute atomic E-state index is 11.9. The van der Waals surface area contributed by atoms with Gasteiger partial charge < -0.3 is 9.47 Å². The fourth-order valence-corrected chi connectivity index (χ4v) is 1.86. The van der Waals surface area contributed by atoms with Gasteiger partial charge in [-0.2, -0.15) is 0 Å². The largest absolute Gasteiger partial charge is 0.462 e. The molecule has 0 aliphatic heterocycles. The highest BCUT2D eigenvalue weighted by molar-refractivity contribution is 6.00. The molecule has 0 spiro atoms. The van der Waals surface area contributed by atoms with Crippen molar-refractivity contribution in [2.75, 3.05) is 11.9 Å². The van der Waals surface area contributed by atoms with Crippen molar-refractivity contribution in [1.82, 2.24) is 0 Å². The molecule has 124 valence electrons. The molecule has 0 atom stereocenters. The van der Waals surface area contributed by atoms with Crippen molar-refractivity contribution in [3.05, 3.63) is 59.0 Å². The molecule has 2 N–H and O–H groups in total. The normalized spacial score (nSPS) is 9.88. The lowest BCUT2D eigenvalue weighted by Gasteiger charge is -2.10. The highest BCUT2D eigenvalue weighted by atomic mass is 16.6. The number of hydrogen-bond acceptors (Lipinski definition) is 5. The first-order chi connectivity index (χ1) is 11.5. The van der Waals surface area contributed by atoms with E-state index in [2.05, 4.69) is 5.32 Å². The second kappa shape index (κ2) is 7.73. The molecule has 8 nitrogen and oxygen atoms in total. The maximum Gasteiger partial charge on any atom is 0.417 e. The van der Waals surface area contributed by atoms with Gasteiger partial charge in [-0.15, -0.1) is 0 Å². The maximum atomic E-state index is 11.9. The number of hydrogen-bond donors (Lipinski definition) is 2. The van der Waals surface area contributed by atoms with Crippen molar-refractivity contribution in [3.8, 4) is 5.75 Å². The second-order valence-electron chi connectivity index (χ2n) is 4.55. The summed E-state index contributed by atoms with van der Waals surface area (Å²) in [6, 6.07) is 11.6. The van der Waals surface area contributed by atoms with Gasteiger partial charge in [-0.3, -0.25) is 5.32 Å². The van der Waals surface area contributed by atoms with Crippen LogP contribution in [0.25, 0.3) is 0 Å². The standard InChI is InChI=1S/C16H14N2O6/c1-2-23-15(19)13-5-3-4-6-14(13)17-16(20)24-12-9-7-11(8-10-12)18(21)22/h3-10H,2H2,1H3,(H-,17,19,20,21,22)/p+1. The molecule has 2 aromatic carbocycles. The summed E-state index contributed by atoms with van der Waals surface area (Å²) in [5.74, 6) is -0.400. The Kier molecular flexibility index (Phi) is 5.45. The van der Waals surface area contributed by atoms with E-state index in [1.54, 1.807) is 19.1 Å². The molecule has 0 aliphatic carbocycles. The first kappa shape index (κ1) is 16.9. The molecular weight excluding hydrogens is 316 g/mol. The van der Waals surface area contributed by atoms with Crippen LogP contribution >= 0.6 is 0 Å². The first-order valence-corrected chi connectivity index (χ1v) is 7.02. The van der Waals surface area contributed by atoms with E-state index in [0.29, 0.717) is 0 Å². The third kappa shape index (κ3) is 4.29. The van der Waals surface area contributed by atoms with Gasteiger partial charge >= 0.3 is 17.7 Å². The summed E-state index contributed by atoms with van der Waals surface area (Å²) in [5, 5.41) is 11.2. The lowest BCUT2D eigenvalue weighted by atomic mass is 10.2. The van der Waals surface area contributed by atoms with Crippen LogP contribution in [0.5, 0.6) is 5.75 Å². The van der Waals surface area contributed by atoms with Crippen LogP contribution in [0.4, 0.5) is 16.2 Å². The smallest absolute Gasteiger partial charge is 0.417 e. The molecule has 24 heavy (non-hydrogen) atoms. The van der Waals surface area contributed by atoms with Crippen molar-refractivity contribution in [2.24, 2.45) is 0 Å². The van der Waals surface area contributed by atoms with Crippen LogP contribution in [-0.4, -0.2) is 28.8 Å². The fraction of sp³-hybridized carbons (Fsp3) is 0.125. The lowest BCUT2D eigenvalue weighted by molar-refractivity contribution is -0.729. The summed E-state index contributed by atoms with van der Waals surface area (Å²) in [5.41, 5.74) is 0.447. The van der Waals surface area contributed by atoms with Crippen LogP contribution in [-0.2, 0) is 4.74 Å². The van der Waals surface area contributed by atoms with E-state index in [4.69, 9.17) is 14.7 Å². The summed E-state index contributed by atoms with van der Waals surface area (Å²) in [6.45, 7) is 1.90. The van der Waals surface area contributed by atoms with Gasteiger partial charge in [0, 0.05) is 12.1 Å². The van der Waals surface area contributed by atoms with E-state index < -0.39 is 12.1 Å². The predicted molar refractivity (Wildman–Crippen MR) is 83.6 cm³/mol. The zero-order chi connectivity index (χ0) is 17.5. The number of nitrogens with zero attached hydrogens (tertiary/aromatic N) is 1. The molecule has 2 rings (SSSR count). The molecule has 0 saturated carbocycles. The van der Waals surface area contributed by atoms with Crippen molar-refractivity contribution in [1.29, 1.82) is 0 Å². The van der Waals surface area contributed by atoms with Gasteiger partial charge in [-0.25, -0.2) is 14.8 Å². The second-order valence-corrected chi connectivity index (χ2v) is 4.55. The van der Waals surface area contributed by atoms with E-state index in [1.807, 2.05) is 0 Å². The van der Waals surface area contributed by atoms with Crippen LogP contribution in [0.1, 0.15) is 17.3 Å². The molecular formula is C16H15N2O6+. The number of nitrogens with one attached hydrogen (secondary N) is 1. The number of ether oxygens (including phenoxy) is 2. The number of para-hydroxylation sites is 1. The SMILES string of the molecule is CCOC(=O)c1ccccc1NC(=O)Oc1ccc([N+](=O)O)cc1. The predicted octanol–water partition coefficient (Wildman–Crippen LogP) is 3.27. The van der Waals surface area contributed by atoms with Crippen LogP contribution in [0.2, 0.25) is 0 Å². The van der Waals surface area contributed by atoms with Crippen molar-refractivity contribution < 1.29 is 29.2 Å². The number of rotatable bonds is 5. The minimum Gasteiger partial charge on any atom is -0.462 e. The average Bonchev–Trinajstić information content (AvgIpc) is 2.56. The van der Waals surface area contributed by atoms with E-state index >= 15 is 0 Å². The highest BCUT2D eigenvalue weighted by Crippen LogP contribution is 2.19. The summed E-state index contributed by atoms with van der Waals surface area (Å²) >= 11 is 0. The van der Waals surface area contributed by atoms with E-state index in [1.165, 1.54) is 36.4 Å². The molecule has 0 fully saturated rings. The van der Waals surface area contributed by atoms with E-state index in [0.717, 1.165) is 0 Å². The highest BCUT2D eigenvalue weighted by Gasteiger charge is 2.16. The van der Waals surface area contributed by atoms with Gasteiger partial charge in [0.2, 0.25) is 0 Å². The molecule has 8 heteroatoms. The Bertz CT molecular complexity index is 757. The summed E-state index contributed by atoms with van der Waals surface area (Å²) in [4.78, 5) is 34.1. The molecule has 0 aromatic heterocycles. The summed E-state index contributed by atoms with van der Waals surface area (Å²) < 4.78 is 9.96. The molecule has 0 radical (unpaired) electrons. The quantitative estimate of drug-likeness (QED) is 0.643. The van der Waals surface area contributed by atoms with E-state index in [9.17, 15) is 14.5 Å². The Hall–Kier alpha value is -3.42. The van der Waals surface area contributed by atoms with Gasteiger partial charge in [0.25, 0.3) is 4.92 Å². The first-order valence-electron chi connectivity index (χ1n) is 7.02. The molecule has 2 aromatic rings. The van der Waals surface area contributed by atoms with Crippen molar-refractivity contribution in [3.63, 3.8) is 0 Å². The van der Waals surface area contributed by atoms with Crippen molar-refractivity contribution >= 4 is 23.4 Å². The van der Waals surface area contributed by atoms with Gasteiger partial charge in [0.15, 0.2) is 0 Å². The fourth-order valence-electron chi connectivity index (χ4n) is 1.86. The number of benzene rings is 2. The summed E-state index contributed by atoms with van der Waals surface area (Å²) in [6.07, 6.45) is -0.817. The van der Waals surface area contributed by atoms with Crippen LogP contribution in [0.15, 0.2) is 48.5 Å². The Morgan fingerprint density at radius 3 is 2.42 bits per heavy atom. The van der Waals surface area contributed by atoms with Crippen LogP contribution in [0.3, 0.4) is 0 Å². The van der Waals surface area contributed by atoms with Gasteiger partial charge in [0.05, 0.1) is 22.8 Å². The molecule has 0 heterocycles. The number of carbonyl (C=O) groups is 2. The Balaban J connectivity index is 2.07. The monoisotopic (exact) mass is 331 g/mol. The van der Waals surface area contributed by atoms with Gasteiger partial charge in [-0.1, -0.05) is 12.1 Å². The summed E-state index contributed by atoms with van der Waals surface area (Å²) in [7, 11) is 0. The minimum atomic E-state index is -0.817. The molecule has 1 amide bonds. The molecule has 0 aliphatic rings. The topological polar surface area (TPSA) is 105 Å². The third-order valence-electron chi connectivity index (χ3n) is 2.93. The Labute approximate surface area is 137 Å². The zero-order valence-electron chi connectivity index (χ0n) is 12.8. The third-order valence-corrected chi connectivity index (χ3v) is 2.93. The number of amides is 1.